The summed E-state index contributed by atoms with van der Waals surface area (Å²) in [7, 11) is -0.927. The second-order valence-corrected chi connectivity index (χ2v) is 9.03. The van der Waals surface area contributed by atoms with Gasteiger partial charge in [0.05, 0.1) is 9.77 Å². The molecular weight excluding hydrogens is 404 g/mol. The van der Waals surface area contributed by atoms with Crippen molar-refractivity contribution in [2.75, 3.05) is 14.1 Å². The minimum Gasteiger partial charge on any atom is -0.340 e. The quantitative estimate of drug-likeness (QED) is 0.585. The van der Waals surface area contributed by atoms with Gasteiger partial charge in [0.15, 0.2) is 0 Å². The Bertz CT molecular complexity index is 971. The summed E-state index contributed by atoms with van der Waals surface area (Å²) in [5.41, 5.74) is 4.46. The van der Waals surface area contributed by atoms with Crippen molar-refractivity contribution in [3.63, 3.8) is 0 Å². The molecule has 2 aromatic rings. The fourth-order valence-electron chi connectivity index (χ4n) is 2.05. The highest BCUT2D eigenvalue weighted by Gasteiger charge is 2.20. The van der Waals surface area contributed by atoms with Crippen LogP contribution in [0.25, 0.3) is 0 Å². The van der Waals surface area contributed by atoms with Crippen LogP contribution in [0.1, 0.15) is 27.0 Å². The van der Waals surface area contributed by atoms with Crippen molar-refractivity contribution in [2.45, 2.75) is 17.9 Å². The number of hydrogen-bond acceptors (Lipinski definition) is 6. The Labute approximate surface area is 166 Å². The van der Waals surface area contributed by atoms with Gasteiger partial charge in [-0.05, 0) is 36.6 Å². The number of carbonyl (C=O) groups excluding carboxylic acids is 3. The molecule has 0 aliphatic heterocycles. The molecule has 0 saturated heterocycles. The summed E-state index contributed by atoms with van der Waals surface area (Å²) in [6.07, 6.45) is 0. The Kier molecular flexibility index (Phi) is 6.89. The lowest BCUT2D eigenvalue weighted by Crippen LogP contribution is -2.51. The van der Waals surface area contributed by atoms with Crippen LogP contribution in [-0.2, 0) is 14.8 Å². The summed E-state index contributed by atoms with van der Waals surface area (Å²) in [4.78, 5) is 36.6. The Morgan fingerprint density at radius 3 is 2.36 bits per heavy atom. The number of hydrogen-bond donors (Lipinski definition) is 3. The van der Waals surface area contributed by atoms with Crippen molar-refractivity contribution < 1.29 is 22.8 Å². The second kappa shape index (κ2) is 8.95. The molecule has 3 amide bonds. The number of sulfonamides is 1. The van der Waals surface area contributed by atoms with Gasteiger partial charge in [0.25, 0.3) is 17.7 Å². The summed E-state index contributed by atoms with van der Waals surface area (Å²) < 4.78 is 25.3. The van der Waals surface area contributed by atoms with Gasteiger partial charge < -0.3 is 5.32 Å². The van der Waals surface area contributed by atoms with E-state index in [9.17, 15) is 22.8 Å². The number of benzene rings is 1. The van der Waals surface area contributed by atoms with E-state index in [0.29, 0.717) is 4.88 Å². The number of carbonyl (C=O) groups is 3. The maximum atomic E-state index is 12.2. The predicted octanol–water partition coefficient (Wildman–Crippen LogP) is 0.578. The third kappa shape index (κ3) is 5.15. The van der Waals surface area contributed by atoms with E-state index in [1.807, 2.05) is 0 Å². The first-order valence-electron chi connectivity index (χ1n) is 8.10. The molecular formula is C17H20N4O5S2. The molecule has 11 heteroatoms. The summed E-state index contributed by atoms with van der Waals surface area (Å²) in [5.74, 6) is -1.72. The molecule has 1 atom stereocenters. The third-order valence-corrected chi connectivity index (χ3v) is 6.34. The zero-order valence-electron chi connectivity index (χ0n) is 15.4. The van der Waals surface area contributed by atoms with Gasteiger partial charge in [-0.3, -0.25) is 25.2 Å². The van der Waals surface area contributed by atoms with E-state index in [1.54, 1.807) is 17.5 Å². The van der Waals surface area contributed by atoms with Gasteiger partial charge >= 0.3 is 0 Å². The van der Waals surface area contributed by atoms with Crippen LogP contribution in [0.5, 0.6) is 0 Å². The van der Waals surface area contributed by atoms with Gasteiger partial charge in [0.2, 0.25) is 10.0 Å². The first-order valence-corrected chi connectivity index (χ1v) is 10.4. The average molecular weight is 425 g/mol. The zero-order chi connectivity index (χ0) is 20.9. The highest BCUT2D eigenvalue weighted by atomic mass is 32.2. The highest BCUT2D eigenvalue weighted by Crippen LogP contribution is 2.14. The second-order valence-electron chi connectivity index (χ2n) is 5.93. The van der Waals surface area contributed by atoms with E-state index in [0.717, 1.165) is 4.31 Å². The Balaban J connectivity index is 1.96. The van der Waals surface area contributed by atoms with Crippen LogP contribution in [0.15, 0.2) is 46.7 Å². The fourth-order valence-corrected chi connectivity index (χ4v) is 3.62. The molecule has 0 saturated carbocycles. The topological polar surface area (TPSA) is 125 Å². The molecule has 28 heavy (non-hydrogen) atoms. The fraction of sp³-hybridized carbons (Fsp3) is 0.235. The van der Waals surface area contributed by atoms with E-state index in [1.165, 1.54) is 56.6 Å². The van der Waals surface area contributed by atoms with Crippen molar-refractivity contribution in [1.82, 2.24) is 20.5 Å². The van der Waals surface area contributed by atoms with Gasteiger partial charge in [-0.2, -0.15) is 0 Å². The molecule has 1 aromatic heterocycles. The molecule has 0 bridgehead atoms. The lowest BCUT2D eigenvalue weighted by Gasteiger charge is -2.15. The number of rotatable bonds is 6. The molecule has 0 aliphatic rings. The molecule has 0 spiro atoms. The van der Waals surface area contributed by atoms with Crippen molar-refractivity contribution in [3.8, 4) is 0 Å². The normalized spacial score (nSPS) is 12.3. The maximum Gasteiger partial charge on any atom is 0.269 e. The van der Waals surface area contributed by atoms with Crippen LogP contribution >= 0.6 is 11.3 Å². The van der Waals surface area contributed by atoms with Crippen LogP contribution in [0.4, 0.5) is 0 Å². The van der Waals surface area contributed by atoms with E-state index in [-0.39, 0.29) is 10.5 Å². The van der Waals surface area contributed by atoms with Gasteiger partial charge in [-0.25, -0.2) is 12.7 Å². The number of thiophene rings is 1. The van der Waals surface area contributed by atoms with E-state index < -0.39 is 33.8 Å². The number of hydrazine groups is 1. The zero-order valence-corrected chi connectivity index (χ0v) is 17.1. The van der Waals surface area contributed by atoms with Gasteiger partial charge in [0.1, 0.15) is 6.04 Å². The third-order valence-electron chi connectivity index (χ3n) is 3.66. The summed E-state index contributed by atoms with van der Waals surface area (Å²) >= 11 is 1.24. The minimum atomic E-state index is -3.69. The lowest BCUT2D eigenvalue weighted by molar-refractivity contribution is -0.123. The Morgan fingerprint density at radius 2 is 1.75 bits per heavy atom. The number of amides is 3. The van der Waals surface area contributed by atoms with E-state index >= 15 is 0 Å². The molecule has 1 aromatic carbocycles. The smallest absolute Gasteiger partial charge is 0.269 e. The maximum absolute atomic E-state index is 12.2. The molecule has 0 radical (unpaired) electrons. The monoisotopic (exact) mass is 424 g/mol. The van der Waals surface area contributed by atoms with Crippen molar-refractivity contribution in [2.24, 2.45) is 0 Å². The first-order chi connectivity index (χ1) is 13.1. The highest BCUT2D eigenvalue weighted by molar-refractivity contribution is 7.89. The summed E-state index contributed by atoms with van der Waals surface area (Å²) in [6, 6.07) is 7.87. The van der Waals surface area contributed by atoms with E-state index in [2.05, 4.69) is 16.2 Å². The first kappa shape index (κ1) is 21.5. The molecule has 1 unspecified atom stereocenters. The lowest BCUT2D eigenvalue weighted by atomic mass is 10.2. The summed E-state index contributed by atoms with van der Waals surface area (Å²) in [5, 5.41) is 4.25. The minimum absolute atomic E-state index is 0.0481. The van der Waals surface area contributed by atoms with Crippen LogP contribution in [0.3, 0.4) is 0 Å². The number of nitrogens with zero attached hydrogens (tertiary/aromatic N) is 1. The molecule has 2 rings (SSSR count). The van der Waals surface area contributed by atoms with Crippen molar-refractivity contribution >= 4 is 39.1 Å². The predicted molar refractivity (Wildman–Crippen MR) is 104 cm³/mol. The Hall–Kier alpha value is -2.76. The van der Waals surface area contributed by atoms with Crippen LogP contribution in [-0.4, -0.2) is 50.6 Å². The molecule has 0 fully saturated rings. The Morgan fingerprint density at radius 1 is 1.04 bits per heavy atom. The standard InChI is InChI=1S/C17H20N4O5S2/c1-11(18-17(24)14-8-5-9-27-14)15(22)19-20-16(23)12-6-4-7-13(10-12)28(25,26)21(2)3/h4-11H,1-3H3,(H,18,24)(H,19,22)(H,20,23). The van der Waals surface area contributed by atoms with Crippen LogP contribution in [0.2, 0.25) is 0 Å². The molecule has 0 aliphatic carbocycles. The molecule has 9 nitrogen and oxygen atoms in total. The van der Waals surface area contributed by atoms with Crippen molar-refractivity contribution in [3.05, 3.63) is 52.2 Å². The van der Waals surface area contributed by atoms with Gasteiger partial charge in [-0.15, -0.1) is 11.3 Å². The van der Waals surface area contributed by atoms with Crippen LogP contribution < -0.4 is 16.2 Å². The summed E-state index contributed by atoms with van der Waals surface area (Å²) in [6.45, 7) is 1.47. The average Bonchev–Trinajstić information content (AvgIpc) is 3.20. The SMILES string of the molecule is CC(NC(=O)c1cccs1)C(=O)NNC(=O)c1cccc(S(=O)(=O)N(C)C)c1. The van der Waals surface area contributed by atoms with Gasteiger partial charge in [-0.1, -0.05) is 12.1 Å². The molecule has 3 N–H and O–H groups in total. The van der Waals surface area contributed by atoms with Gasteiger partial charge in [0, 0.05) is 19.7 Å². The molecule has 1 heterocycles. The van der Waals surface area contributed by atoms with Crippen LogP contribution in [0, 0.1) is 0 Å². The van der Waals surface area contributed by atoms with E-state index in [4.69, 9.17) is 0 Å². The number of nitrogens with one attached hydrogen (secondary N) is 3. The molecule has 150 valence electrons. The van der Waals surface area contributed by atoms with Crippen molar-refractivity contribution in [1.29, 1.82) is 0 Å². The largest absolute Gasteiger partial charge is 0.340 e.